The zero-order valence-corrected chi connectivity index (χ0v) is 18.4. The van der Waals surface area contributed by atoms with Crippen LogP contribution in [-0.4, -0.2) is 56.8 Å². The molecule has 0 bridgehead atoms. The topological polar surface area (TPSA) is 58.4 Å². The van der Waals surface area contributed by atoms with Gasteiger partial charge in [-0.25, -0.2) is 4.98 Å². The molecular formula is C22H27BrN4O2. The van der Waals surface area contributed by atoms with Crippen molar-refractivity contribution in [3.63, 3.8) is 0 Å². The molecule has 0 radical (unpaired) electrons. The summed E-state index contributed by atoms with van der Waals surface area (Å²) >= 11 is 3.64. The van der Waals surface area contributed by atoms with Gasteiger partial charge in [0.25, 0.3) is 5.91 Å². The number of aryl methyl sites for hydroxylation is 1. The maximum absolute atomic E-state index is 13.2. The van der Waals surface area contributed by atoms with E-state index >= 15 is 0 Å². The average Bonchev–Trinajstić information content (AvgIpc) is 3.52. The Morgan fingerprint density at radius 3 is 2.55 bits per heavy atom. The Bertz CT molecular complexity index is 975. The second-order valence-electron chi connectivity index (χ2n) is 8.74. The van der Waals surface area contributed by atoms with Crippen LogP contribution in [0, 0.1) is 0 Å². The Balaban J connectivity index is 1.37. The van der Waals surface area contributed by atoms with Gasteiger partial charge in [-0.15, -0.1) is 0 Å². The zero-order chi connectivity index (χ0) is 20.1. The van der Waals surface area contributed by atoms with Crippen LogP contribution in [0.1, 0.15) is 67.0 Å². The van der Waals surface area contributed by atoms with E-state index in [1.54, 1.807) is 4.90 Å². The summed E-state index contributed by atoms with van der Waals surface area (Å²) in [6, 6.07) is 4.66. The van der Waals surface area contributed by atoms with Gasteiger partial charge in [0.2, 0.25) is 5.91 Å². The highest BCUT2D eigenvalue weighted by molar-refractivity contribution is 9.10. The fourth-order valence-electron chi connectivity index (χ4n) is 4.89. The molecule has 7 heteroatoms. The molecule has 2 aromatic rings. The number of benzene rings is 1. The Hall–Kier alpha value is -1.89. The highest BCUT2D eigenvalue weighted by Gasteiger charge is 2.34. The van der Waals surface area contributed by atoms with Crippen LogP contribution in [0.4, 0.5) is 0 Å². The SMILES string of the molecule is Cn1c(C(=O)N2CCN(C3CCCCC3)C(=O)C2)nc2c(Br)cc(C3CC3)cc21. The molecule has 1 aliphatic heterocycles. The largest absolute Gasteiger partial charge is 0.336 e. The van der Waals surface area contributed by atoms with E-state index in [2.05, 4.69) is 33.0 Å². The van der Waals surface area contributed by atoms with Crippen molar-refractivity contribution in [2.75, 3.05) is 19.6 Å². The van der Waals surface area contributed by atoms with Gasteiger partial charge in [0.05, 0.1) is 5.52 Å². The minimum absolute atomic E-state index is 0.0764. The molecule has 3 aliphatic rings. The maximum atomic E-state index is 13.2. The number of hydrogen-bond donors (Lipinski definition) is 0. The number of nitrogens with zero attached hydrogens (tertiary/aromatic N) is 4. The van der Waals surface area contributed by atoms with Crippen molar-refractivity contribution in [3.8, 4) is 0 Å². The maximum Gasteiger partial charge on any atom is 0.290 e. The van der Waals surface area contributed by atoms with Gasteiger partial charge in [-0.3, -0.25) is 9.59 Å². The van der Waals surface area contributed by atoms with Gasteiger partial charge in [-0.05, 0) is 65.2 Å². The third kappa shape index (κ3) is 3.47. The average molecular weight is 459 g/mol. The van der Waals surface area contributed by atoms with E-state index in [4.69, 9.17) is 0 Å². The lowest BCUT2D eigenvalue weighted by molar-refractivity contribution is -0.138. The number of piperazine rings is 1. The van der Waals surface area contributed by atoms with Crippen molar-refractivity contribution >= 4 is 38.8 Å². The summed E-state index contributed by atoms with van der Waals surface area (Å²) in [6.07, 6.45) is 8.34. The molecule has 2 heterocycles. The van der Waals surface area contributed by atoms with Crippen molar-refractivity contribution in [1.29, 1.82) is 0 Å². The number of carbonyl (C=O) groups excluding carboxylic acids is 2. The van der Waals surface area contributed by atoms with Crippen molar-refractivity contribution in [2.24, 2.45) is 7.05 Å². The summed E-state index contributed by atoms with van der Waals surface area (Å²) < 4.78 is 2.82. The van der Waals surface area contributed by atoms with Crippen molar-refractivity contribution in [2.45, 2.75) is 56.9 Å². The molecule has 2 aliphatic carbocycles. The quantitative estimate of drug-likeness (QED) is 0.701. The molecule has 1 aromatic carbocycles. The summed E-state index contributed by atoms with van der Waals surface area (Å²) in [6.45, 7) is 1.38. The summed E-state index contributed by atoms with van der Waals surface area (Å²) in [7, 11) is 1.89. The third-order valence-electron chi connectivity index (χ3n) is 6.76. The summed E-state index contributed by atoms with van der Waals surface area (Å²) in [5, 5.41) is 0. The number of fused-ring (bicyclic) bond motifs is 1. The number of halogens is 1. The van der Waals surface area contributed by atoms with Crippen LogP contribution in [0.2, 0.25) is 0 Å². The Kier molecular flexibility index (Phi) is 4.88. The first-order valence-electron chi connectivity index (χ1n) is 10.8. The van der Waals surface area contributed by atoms with Crippen LogP contribution >= 0.6 is 15.9 Å². The number of hydrogen-bond acceptors (Lipinski definition) is 3. The van der Waals surface area contributed by atoms with E-state index in [1.165, 1.54) is 37.7 Å². The van der Waals surface area contributed by atoms with E-state index in [0.717, 1.165) is 28.3 Å². The Morgan fingerprint density at radius 1 is 1.10 bits per heavy atom. The molecule has 0 unspecified atom stereocenters. The lowest BCUT2D eigenvalue weighted by atomic mass is 9.93. The number of rotatable bonds is 3. The van der Waals surface area contributed by atoms with E-state index in [-0.39, 0.29) is 18.4 Å². The first kappa shape index (κ1) is 19.1. The molecule has 1 aromatic heterocycles. The second-order valence-corrected chi connectivity index (χ2v) is 9.60. The predicted molar refractivity (Wildman–Crippen MR) is 115 cm³/mol. The van der Waals surface area contributed by atoms with Gasteiger partial charge in [-0.2, -0.15) is 0 Å². The molecule has 6 nitrogen and oxygen atoms in total. The molecule has 2 saturated carbocycles. The summed E-state index contributed by atoms with van der Waals surface area (Å²) in [4.78, 5) is 34.3. The van der Waals surface area contributed by atoms with Crippen LogP contribution in [0.5, 0.6) is 0 Å². The number of carbonyl (C=O) groups is 2. The summed E-state index contributed by atoms with van der Waals surface area (Å²) in [5.74, 6) is 0.968. The van der Waals surface area contributed by atoms with Gasteiger partial charge < -0.3 is 14.4 Å². The molecule has 0 spiro atoms. The Labute approximate surface area is 179 Å². The smallest absolute Gasteiger partial charge is 0.290 e. The predicted octanol–water partition coefficient (Wildman–Crippen LogP) is 3.83. The fourth-order valence-corrected chi connectivity index (χ4v) is 5.45. The molecular weight excluding hydrogens is 432 g/mol. The van der Waals surface area contributed by atoms with Crippen LogP contribution in [0.15, 0.2) is 16.6 Å². The minimum atomic E-state index is -0.153. The monoisotopic (exact) mass is 458 g/mol. The van der Waals surface area contributed by atoms with Gasteiger partial charge in [0, 0.05) is 30.7 Å². The summed E-state index contributed by atoms with van der Waals surface area (Å²) in [5.41, 5.74) is 3.09. The molecule has 3 fully saturated rings. The lowest BCUT2D eigenvalue weighted by Gasteiger charge is -2.40. The van der Waals surface area contributed by atoms with Gasteiger partial charge >= 0.3 is 0 Å². The third-order valence-corrected chi connectivity index (χ3v) is 7.37. The number of imidazole rings is 1. The van der Waals surface area contributed by atoms with Crippen LogP contribution in [-0.2, 0) is 11.8 Å². The van der Waals surface area contributed by atoms with Crippen LogP contribution < -0.4 is 0 Å². The normalized spacial score (nSPS) is 21.2. The first-order chi connectivity index (χ1) is 14.0. The molecule has 5 rings (SSSR count). The number of amides is 2. The Morgan fingerprint density at radius 2 is 1.86 bits per heavy atom. The molecule has 154 valence electrons. The highest BCUT2D eigenvalue weighted by atomic mass is 79.9. The molecule has 2 amide bonds. The van der Waals surface area contributed by atoms with Crippen LogP contribution in [0.25, 0.3) is 11.0 Å². The lowest BCUT2D eigenvalue weighted by Crippen LogP contribution is -2.56. The van der Waals surface area contributed by atoms with Gasteiger partial charge in [-0.1, -0.05) is 19.3 Å². The zero-order valence-electron chi connectivity index (χ0n) is 16.9. The fraction of sp³-hybridized carbons (Fsp3) is 0.591. The number of aromatic nitrogens is 2. The van der Waals surface area contributed by atoms with E-state index < -0.39 is 0 Å². The second kappa shape index (κ2) is 7.42. The van der Waals surface area contributed by atoms with E-state index in [0.29, 0.717) is 30.9 Å². The standard InChI is InChI=1S/C22H27BrN4O2/c1-25-18-12-15(14-7-8-14)11-17(23)20(18)24-21(25)22(29)26-9-10-27(19(28)13-26)16-5-3-2-4-6-16/h11-12,14,16H,2-10,13H2,1H3. The molecule has 0 N–H and O–H groups in total. The van der Waals surface area contributed by atoms with Crippen molar-refractivity contribution in [3.05, 3.63) is 28.0 Å². The van der Waals surface area contributed by atoms with Crippen molar-refractivity contribution < 1.29 is 9.59 Å². The minimum Gasteiger partial charge on any atom is -0.336 e. The van der Waals surface area contributed by atoms with E-state index in [1.807, 2.05) is 16.5 Å². The van der Waals surface area contributed by atoms with Gasteiger partial charge in [0.1, 0.15) is 12.1 Å². The van der Waals surface area contributed by atoms with Crippen LogP contribution in [0.3, 0.4) is 0 Å². The molecule has 1 saturated heterocycles. The van der Waals surface area contributed by atoms with Crippen molar-refractivity contribution in [1.82, 2.24) is 19.4 Å². The highest BCUT2D eigenvalue weighted by Crippen LogP contribution is 2.42. The first-order valence-corrected chi connectivity index (χ1v) is 11.6. The molecule has 29 heavy (non-hydrogen) atoms. The van der Waals surface area contributed by atoms with E-state index in [9.17, 15) is 9.59 Å². The molecule has 0 atom stereocenters. The van der Waals surface area contributed by atoms with Gasteiger partial charge in [0.15, 0.2) is 5.82 Å².